The van der Waals surface area contributed by atoms with Crippen LogP contribution in [0.25, 0.3) is 0 Å². The van der Waals surface area contributed by atoms with Crippen LogP contribution in [0.4, 0.5) is 0 Å². The van der Waals surface area contributed by atoms with Gasteiger partial charge in [0.1, 0.15) is 0 Å². The summed E-state index contributed by atoms with van der Waals surface area (Å²) in [6, 6.07) is 8.46. The molecule has 1 aromatic rings. The summed E-state index contributed by atoms with van der Waals surface area (Å²) < 4.78 is 0. The second-order valence-electron chi connectivity index (χ2n) is 5.35. The van der Waals surface area contributed by atoms with E-state index in [-0.39, 0.29) is 11.8 Å². The van der Waals surface area contributed by atoms with E-state index >= 15 is 0 Å². The van der Waals surface area contributed by atoms with Gasteiger partial charge in [-0.1, -0.05) is 38.1 Å². The van der Waals surface area contributed by atoms with Crippen LogP contribution in [0.5, 0.6) is 0 Å². The van der Waals surface area contributed by atoms with E-state index in [1.807, 2.05) is 13.8 Å². The molecule has 0 aliphatic heterocycles. The van der Waals surface area contributed by atoms with Crippen molar-refractivity contribution in [2.75, 3.05) is 0 Å². The lowest BCUT2D eigenvalue weighted by Crippen LogP contribution is -2.21. The van der Waals surface area contributed by atoms with Crippen molar-refractivity contribution in [2.24, 2.45) is 0 Å². The number of hydrogen-bond donors (Lipinski definition) is 1. The molecule has 1 aliphatic rings. The van der Waals surface area contributed by atoms with E-state index in [9.17, 15) is 4.79 Å². The molecule has 2 nitrogen and oxygen atoms in total. The van der Waals surface area contributed by atoms with E-state index in [4.69, 9.17) is 5.11 Å². The summed E-state index contributed by atoms with van der Waals surface area (Å²) in [6.07, 6.45) is 2.78. The van der Waals surface area contributed by atoms with Gasteiger partial charge in [0, 0.05) is 5.41 Å². The summed E-state index contributed by atoms with van der Waals surface area (Å²) in [4.78, 5) is 10.8. The molecule has 0 unspecified atom stereocenters. The van der Waals surface area contributed by atoms with Gasteiger partial charge in [-0.3, -0.25) is 4.79 Å². The van der Waals surface area contributed by atoms with Crippen LogP contribution >= 0.6 is 0 Å². The van der Waals surface area contributed by atoms with Gasteiger partial charge in [0.25, 0.3) is 0 Å². The molecule has 2 heteroatoms. The van der Waals surface area contributed by atoms with Crippen LogP contribution < -0.4 is 0 Å². The lowest BCUT2D eigenvalue weighted by atomic mass is 9.81. The topological polar surface area (TPSA) is 37.3 Å². The molecule has 2 rings (SSSR count). The molecule has 0 bridgehead atoms. The first-order valence-corrected chi connectivity index (χ1v) is 5.81. The minimum Gasteiger partial charge on any atom is -0.481 e. The van der Waals surface area contributed by atoms with Crippen LogP contribution in [0.15, 0.2) is 24.3 Å². The molecule has 0 spiro atoms. The van der Waals surface area contributed by atoms with Crippen molar-refractivity contribution in [3.05, 3.63) is 35.4 Å². The molecular weight excluding hydrogens is 200 g/mol. The van der Waals surface area contributed by atoms with E-state index in [1.165, 1.54) is 18.4 Å². The highest BCUT2D eigenvalue weighted by atomic mass is 16.4. The van der Waals surface area contributed by atoms with Crippen LogP contribution in [0.1, 0.15) is 50.2 Å². The Balaban J connectivity index is 2.16. The molecule has 0 atom stereocenters. The Morgan fingerprint density at radius 1 is 1.31 bits per heavy atom. The van der Waals surface area contributed by atoms with Crippen molar-refractivity contribution in [3.63, 3.8) is 0 Å². The minimum absolute atomic E-state index is 0.176. The van der Waals surface area contributed by atoms with Gasteiger partial charge >= 0.3 is 5.97 Å². The fraction of sp³-hybridized carbons (Fsp3) is 0.500. The number of rotatable bonds is 4. The SMILES string of the molecule is CC(C)(CC(=O)O)c1ccc(C2CC2)cc1. The zero-order valence-electron chi connectivity index (χ0n) is 9.86. The summed E-state index contributed by atoms with van der Waals surface area (Å²) in [6.45, 7) is 3.96. The fourth-order valence-corrected chi connectivity index (χ4v) is 2.10. The van der Waals surface area contributed by atoms with Crippen LogP contribution in [0.3, 0.4) is 0 Å². The maximum absolute atomic E-state index is 10.8. The number of carboxylic acid groups (broad SMARTS) is 1. The molecular formula is C14H18O2. The molecule has 0 aromatic heterocycles. The summed E-state index contributed by atoms with van der Waals surface area (Å²) in [5, 5.41) is 8.86. The van der Waals surface area contributed by atoms with Gasteiger partial charge in [-0.2, -0.15) is 0 Å². The molecule has 1 N–H and O–H groups in total. The second kappa shape index (κ2) is 3.93. The molecule has 0 amide bonds. The summed E-state index contributed by atoms with van der Waals surface area (Å²) in [7, 11) is 0. The Morgan fingerprint density at radius 3 is 2.31 bits per heavy atom. The number of aliphatic carboxylic acids is 1. The second-order valence-corrected chi connectivity index (χ2v) is 5.35. The smallest absolute Gasteiger partial charge is 0.304 e. The third kappa shape index (κ3) is 2.43. The molecule has 0 heterocycles. The molecule has 16 heavy (non-hydrogen) atoms. The summed E-state index contributed by atoms with van der Waals surface area (Å²) in [5.74, 6) is 0.0212. The number of carboxylic acids is 1. The van der Waals surface area contributed by atoms with Crippen LogP contribution in [0.2, 0.25) is 0 Å². The van der Waals surface area contributed by atoms with Crippen molar-refractivity contribution < 1.29 is 9.90 Å². The first-order chi connectivity index (χ1) is 7.49. The Hall–Kier alpha value is -1.31. The highest BCUT2D eigenvalue weighted by molar-refractivity contribution is 5.68. The van der Waals surface area contributed by atoms with Gasteiger partial charge in [0.2, 0.25) is 0 Å². The van der Waals surface area contributed by atoms with Crippen molar-refractivity contribution in [3.8, 4) is 0 Å². The first kappa shape index (κ1) is 11.2. The van der Waals surface area contributed by atoms with Crippen LogP contribution in [-0.4, -0.2) is 11.1 Å². The van der Waals surface area contributed by atoms with Gasteiger partial charge < -0.3 is 5.11 Å². The zero-order chi connectivity index (χ0) is 11.8. The van der Waals surface area contributed by atoms with Gasteiger partial charge in [0.15, 0.2) is 0 Å². The van der Waals surface area contributed by atoms with E-state index in [2.05, 4.69) is 24.3 Å². The van der Waals surface area contributed by atoms with E-state index in [0.29, 0.717) is 0 Å². The monoisotopic (exact) mass is 218 g/mol. The average Bonchev–Trinajstić information content (AvgIpc) is 2.99. The predicted octanol–water partition coefficient (Wildman–Crippen LogP) is 3.32. The van der Waals surface area contributed by atoms with Crippen LogP contribution in [-0.2, 0) is 10.2 Å². The minimum atomic E-state index is -0.740. The normalized spacial score (nSPS) is 16.1. The standard InChI is InChI=1S/C14H18O2/c1-14(2,9-13(15)16)12-7-5-11(6-8-12)10-3-4-10/h5-8,10H,3-4,9H2,1-2H3,(H,15,16). The van der Waals surface area contributed by atoms with E-state index < -0.39 is 5.97 Å². The van der Waals surface area contributed by atoms with Crippen molar-refractivity contribution in [1.82, 2.24) is 0 Å². The number of hydrogen-bond acceptors (Lipinski definition) is 1. The van der Waals surface area contributed by atoms with E-state index in [1.54, 1.807) is 0 Å². The van der Waals surface area contributed by atoms with E-state index in [0.717, 1.165) is 11.5 Å². The average molecular weight is 218 g/mol. The highest BCUT2D eigenvalue weighted by Crippen LogP contribution is 2.40. The molecule has 1 aliphatic carbocycles. The molecule has 1 fully saturated rings. The summed E-state index contributed by atoms with van der Waals surface area (Å²) >= 11 is 0. The van der Waals surface area contributed by atoms with Gasteiger partial charge in [-0.15, -0.1) is 0 Å². The van der Waals surface area contributed by atoms with Crippen molar-refractivity contribution in [2.45, 2.75) is 44.4 Å². The van der Waals surface area contributed by atoms with Gasteiger partial charge in [-0.25, -0.2) is 0 Å². The molecule has 1 aromatic carbocycles. The Labute approximate surface area is 96.3 Å². The Bertz CT molecular complexity index is 386. The van der Waals surface area contributed by atoms with Crippen LogP contribution in [0, 0.1) is 0 Å². The maximum atomic E-state index is 10.8. The number of carbonyl (C=O) groups is 1. The highest BCUT2D eigenvalue weighted by Gasteiger charge is 2.26. The van der Waals surface area contributed by atoms with Crippen molar-refractivity contribution in [1.29, 1.82) is 0 Å². The quantitative estimate of drug-likeness (QED) is 0.841. The Morgan fingerprint density at radius 2 is 1.88 bits per heavy atom. The zero-order valence-corrected chi connectivity index (χ0v) is 9.86. The van der Waals surface area contributed by atoms with Gasteiger partial charge in [-0.05, 0) is 29.9 Å². The maximum Gasteiger partial charge on any atom is 0.304 e. The lowest BCUT2D eigenvalue weighted by Gasteiger charge is -2.23. The third-order valence-corrected chi connectivity index (χ3v) is 3.33. The predicted molar refractivity (Wildman–Crippen MR) is 63.7 cm³/mol. The molecule has 0 radical (unpaired) electrons. The molecule has 1 saturated carbocycles. The summed E-state index contributed by atoms with van der Waals surface area (Å²) in [5.41, 5.74) is 2.22. The third-order valence-electron chi connectivity index (χ3n) is 3.33. The first-order valence-electron chi connectivity index (χ1n) is 5.81. The van der Waals surface area contributed by atoms with Crippen molar-refractivity contribution >= 4 is 5.97 Å². The Kier molecular flexibility index (Phi) is 2.75. The fourth-order valence-electron chi connectivity index (χ4n) is 2.10. The number of benzene rings is 1. The van der Waals surface area contributed by atoms with Gasteiger partial charge in [0.05, 0.1) is 6.42 Å². The molecule has 86 valence electrons. The largest absolute Gasteiger partial charge is 0.481 e. The molecule has 0 saturated heterocycles. The lowest BCUT2D eigenvalue weighted by molar-refractivity contribution is -0.138.